The summed E-state index contributed by atoms with van der Waals surface area (Å²) in [6, 6.07) is 0. The second-order valence-corrected chi connectivity index (χ2v) is 6.20. The van der Waals surface area contributed by atoms with E-state index in [1.807, 2.05) is 6.92 Å². The number of rotatable bonds is 11. The van der Waals surface area contributed by atoms with Crippen molar-refractivity contribution in [3.8, 4) is 0 Å². The second-order valence-electron chi connectivity index (χ2n) is 3.75. The minimum Gasteiger partial charge on any atom is -0.396 e. The van der Waals surface area contributed by atoms with Gasteiger partial charge in [0.2, 0.25) is 0 Å². The average molecular weight is 268 g/mol. The van der Waals surface area contributed by atoms with Crippen molar-refractivity contribution >= 4 is 23.5 Å². The van der Waals surface area contributed by atoms with Crippen molar-refractivity contribution in [2.45, 2.75) is 25.9 Å². The molecule has 0 saturated heterocycles. The summed E-state index contributed by atoms with van der Waals surface area (Å²) in [5.41, 5.74) is 0. The predicted molar refractivity (Wildman–Crippen MR) is 73.2 cm³/mol. The third kappa shape index (κ3) is 9.78. The molecule has 0 aromatic heterocycles. The van der Waals surface area contributed by atoms with Crippen LogP contribution in [0.5, 0.6) is 0 Å². The quantitative estimate of drug-likeness (QED) is 0.492. The smallest absolute Gasteiger partial charge is 0.0540 e. The molecule has 3 N–H and O–H groups in total. The Morgan fingerprint density at radius 2 is 1.31 bits per heavy atom. The molecule has 0 spiro atoms. The van der Waals surface area contributed by atoms with E-state index < -0.39 is 0 Å². The molecule has 0 fully saturated rings. The van der Waals surface area contributed by atoms with E-state index in [1.54, 1.807) is 23.5 Å². The highest BCUT2D eigenvalue weighted by Crippen LogP contribution is 2.19. The van der Waals surface area contributed by atoms with Gasteiger partial charge in [-0.15, -0.1) is 0 Å². The molecule has 3 nitrogen and oxygen atoms in total. The molecule has 0 aromatic rings. The zero-order valence-electron chi connectivity index (χ0n) is 9.97. The normalized spacial score (nSPS) is 13.3. The standard InChI is InChI=1S/C11H24O3S2/c1-10(14)11(2-6-15-8-4-12)3-7-16-9-5-13/h10-14H,2-9H2,1H3. The Kier molecular flexibility index (Phi) is 12.5. The fraction of sp³-hybridized carbons (Fsp3) is 1.00. The first-order valence-corrected chi connectivity index (χ1v) is 8.08. The summed E-state index contributed by atoms with van der Waals surface area (Å²) in [7, 11) is 0. The molecule has 1 atom stereocenters. The van der Waals surface area contributed by atoms with Crippen LogP contribution >= 0.6 is 23.5 Å². The lowest BCUT2D eigenvalue weighted by molar-refractivity contribution is 0.122. The molecule has 0 bridgehead atoms. The lowest BCUT2D eigenvalue weighted by atomic mass is 9.98. The molecule has 0 aromatic carbocycles. The zero-order chi connectivity index (χ0) is 12.2. The van der Waals surface area contributed by atoms with Gasteiger partial charge in [0.25, 0.3) is 0 Å². The fourth-order valence-electron chi connectivity index (χ4n) is 1.43. The van der Waals surface area contributed by atoms with Gasteiger partial charge in [0, 0.05) is 11.5 Å². The molecule has 1 unspecified atom stereocenters. The molecule has 0 rings (SSSR count). The Morgan fingerprint density at radius 3 is 1.62 bits per heavy atom. The molecule has 0 saturated carbocycles. The molecule has 0 aliphatic carbocycles. The van der Waals surface area contributed by atoms with Crippen LogP contribution in [0.4, 0.5) is 0 Å². The summed E-state index contributed by atoms with van der Waals surface area (Å²) in [5, 5.41) is 26.9. The molecule has 98 valence electrons. The first-order chi connectivity index (χ1) is 7.72. The van der Waals surface area contributed by atoms with Gasteiger partial charge in [0.05, 0.1) is 19.3 Å². The third-order valence-electron chi connectivity index (χ3n) is 2.42. The van der Waals surface area contributed by atoms with Crippen molar-refractivity contribution in [1.82, 2.24) is 0 Å². The molecule has 16 heavy (non-hydrogen) atoms. The maximum atomic E-state index is 9.61. The Hall–Kier alpha value is 0.580. The van der Waals surface area contributed by atoms with E-state index in [1.165, 1.54) is 0 Å². The summed E-state index contributed by atoms with van der Waals surface area (Å²) in [6.45, 7) is 2.31. The number of aliphatic hydroxyl groups is 3. The zero-order valence-corrected chi connectivity index (χ0v) is 11.6. The van der Waals surface area contributed by atoms with Crippen molar-refractivity contribution in [1.29, 1.82) is 0 Å². The minimum atomic E-state index is -0.260. The van der Waals surface area contributed by atoms with Crippen LogP contribution in [-0.2, 0) is 0 Å². The van der Waals surface area contributed by atoms with E-state index in [-0.39, 0.29) is 19.3 Å². The van der Waals surface area contributed by atoms with Crippen LogP contribution in [0.1, 0.15) is 19.8 Å². The van der Waals surface area contributed by atoms with E-state index >= 15 is 0 Å². The van der Waals surface area contributed by atoms with Gasteiger partial charge in [0.1, 0.15) is 0 Å². The highest BCUT2D eigenvalue weighted by atomic mass is 32.2. The van der Waals surface area contributed by atoms with E-state index in [2.05, 4.69) is 0 Å². The summed E-state index contributed by atoms with van der Waals surface area (Å²) < 4.78 is 0. The molecule has 0 aliphatic heterocycles. The molecule has 0 aliphatic rings. The maximum Gasteiger partial charge on any atom is 0.0540 e. The van der Waals surface area contributed by atoms with Gasteiger partial charge in [-0.05, 0) is 37.2 Å². The SMILES string of the molecule is CC(O)C(CCSCCO)CCSCCO. The minimum absolute atomic E-state index is 0.233. The Labute approximate surface area is 107 Å². The largest absolute Gasteiger partial charge is 0.396 e. The van der Waals surface area contributed by atoms with Crippen LogP contribution in [-0.4, -0.2) is 57.6 Å². The number of thioether (sulfide) groups is 2. The van der Waals surface area contributed by atoms with Crippen molar-refractivity contribution in [3.63, 3.8) is 0 Å². The van der Waals surface area contributed by atoms with Gasteiger partial charge >= 0.3 is 0 Å². The molecule has 0 radical (unpaired) electrons. The first-order valence-electron chi connectivity index (χ1n) is 5.77. The summed E-state index contributed by atoms with van der Waals surface area (Å²) >= 11 is 3.47. The van der Waals surface area contributed by atoms with Crippen LogP contribution in [0, 0.1) is 5.92 Å². The molecular formula is C11H24O3S2. The summed E-state index contributed by atoms with van der Waals surface area (Å²) in [6.07, 6.45) is 1.74. The Bertz CT molecular complexity index is 133. The Balaban J connectivity index is 3.54. The van der Waals surface area contributed by atoms with E-state index in [0.717, 1.165) is 35.9 Å². The van der Waals surface area contributed by atoms with Crippen molar-refractivity contribution in [2.24, 2.45) is 5.92 Å². The van der Waals surface area contributed by atoms with Gasteiger partial charge in [-0.3, -0.25) is 0 Å². The average Bonchev–Trinajstić information content (AvgIpc) is 2.26. The van der Waals surface area contributed by atoms with Crippen molar-refractivity contribution < 1.29 is 15.3 Å². The molecule has 5 heteroatoms. The van der Waals surface area contributed by atoms with Crippen LogP contribution in [0.15, 0.2) is 0 Å². The van der Waals surface area contributed by atoms with Crippen molar-refractivity contribution in [3.05, 3.63) is 0 Å². The number of hydrogen-bond acceptors (Lipinski definition) is 5. The molecule has 0 amide bonds. The van der Waals surface area contributed by atoms with Crippen LogP contribution in [0.2, 0.25) is 0 Å². The highest BCUT2D eigenvalue weighted by Gasteiger charge is 2.14. The predicted octanol–water partition coefficient (Wildman–Crippen LogP) is 1.21. The van der Waals surface area contributed by atoms with Gasteiger partial charge in [0.15, 0.2) is 0 Å². The van der Waals surface area contributed by atoms with Gasteiger partial charge < -0.3 is 15.3 Å². The van der Waals surface area contributed by atoms with Crippen LogP contribution < -0.4 is 0 Å². The monoisotopic (exact) mass is 268 g/mol. The maximum absolute atomic E-state index is 9.61. The van der Waals surface area contributed by atoms with Crippen LogP contribution in [0.3, 0.4) is 0 Å². The Morgan fingerprint density at radius 1 is 0.875 bits per heavy atom. The van der Waals surface area contributed by atoms with E-state index in [4.69, 9.17) is 10.2 Å². The fourth-order valence-corrected chi connectivity index (χ4v) is 3.03. The first kappa shape index (κ1) is 16.6. The third-order valence-corrected chi connectivity index (χ3v) is 4.41. The van der Waals surface area contributed by atoms with Crippen molar-refractivity contribution in [2.75, 3.05) is 36.2 Å². The molecular weight excluding hydrogens is 244 g/mol. The van der Waals surface area contributed by atoms with Gasteiger partial charge in [-0.1, -0.05) is 0 Å². The molecule has 0 heterocycles. The lowest BCUT2D eigenvalue weighted by Gasteiger charge is -2.19. The summed E-state index contributed by atoms with van der Waals surface area (Å²) in [5.74, 6) is 3.91. The topological polar surface area (TPSA) is 60.7 Å². The van der Waals surface area contributed by atoms with Gasteiger partial charge in [-0.25, -0.2) is 0 Å². The van der Waals surface area contributed by atoms with E-state index in [9.17, 15) is 5.11 Å². The number of aliphatic hydroxyl groups excluding tert-OH is 3. The summed E-state index contributed by atoms with van der Waals surface area (Å²) in [4.78, 5) is 0. The van der Waals surface area contributed by atoms with Crippen LogP contribution in [0.25, 0.3) is 0 Å². The van der Waals surface area contributed by atoms with Gasteiger partial charge in [-0.2, -0.15) is 23.5 Å². The lowest BCUT2D eigenvalue weighted by Crippen LogP contribution is -2.18. The van der Waals surface area contributed by atoms with E-state index in [0.29, 0.717) is 5.92 Å². The number of hydrogen-bond donors (Lipinski definition) is 3. The highest BCUT2D eigenvalue weighted by molar-refractivity contribution is 7.99. The second kappa shape index (κ2) is 12.0.